The zero-order chi connectivity index (χ0) is 12.3. The predicted octanol–water partition coefficient (Wildman–Crippen LogP) is 3.79. The highest BCUT2D eigenvalue weighted by molar-refractivity contribution is 7.09. The van der Waals surface area contributed by atoms with Gasteiger partial charge >= 0.3 is 0 Å². The smallest absolute Gasteiger partial charge is 0.113 e. The fourth-order valence-electron chi connectivity index (χ4n) is 3.08. The maximum absolute atomic E-state index is 4.61. The molecule has 1 N–H and O–H groups in total. The number of rotatable bonds is 4. The summed E-state index contributed by atoms with van der Waals surface area (Å²) in [5, 5.41) is 7.22. The van der Waals surface area contributed by atoms with Crippen LogP contribution in [0.5, 0.6) is 0 Å². The standard InChI is InChI=1S/C14H24N2S/c1-4-8-16-14(13-15-9-10-17-13)7-5-6-11(2)12(14)3/h9-12,16H,4-8H2,1-3H3. The Hall–Kier alpha value is -0.410. The summed E-state index contributed by atoms with van der Waals surface area (Å²) in [7, 11) is 0. The van der Waals surface area contributed by atoms with Gasteiger partial charge in [-0.15, -0.1) is 11.3 Å². The lowest BCUT2D eigenvalue weighted by Crippen LogP contribution is -2.51. The van der Waals surface area contributed by atoms with E-state index in [1.54, 1.807) is 0 Å². The molecule has 3 unspecified atom stereocenters. The van der Waals surface area contributed by atoms with Crippen LogP contribution in [-0.4, -0.2) is 11.5 Å². The van der Waals surface area contributed by atoms with Crippen LogP contribution in [-0.2, 0) is 5.54 Å². The molecule has 1 aromatic heterocycles. The maximum Gasteiger partial charge on any atom is 0.113 e. The topological polar surface area (TPSA) is 24.9 Å². The summed E-state index contributed by atoms with van der Waals surface area (Å²) in [6, 6.07) is 0. The first-order chi connectivity index (χ1) is 8.20. The highest BCUT2D eigenvalue weighted by Crippen LogP contribution is 2.45. The summed E-state index contributed by atoms with van der Waals surface area (Å²) in [6.07, 6.45) is 7.06. The number of hydrogen-bond acceptors (Lipinski definition) is 3. The molecule has 3 heteroatoms. The fourth-order valence-corrected chi connectivity index (χ4v) is 4.03. The summed E-state index contributed by atoms with van der Waals surface area (Å²) < 4.78 is 0. The van der Waals surface area contributed by atoms with Crippen LogP contribution in [0.4, 0.5) is 0 Å². The molecule has 0 aromatic carbocycles. The second-order valence-electron chi connectivity index (χ2n) is 5.39. The molecular weight excluding hydrogens is 228 g/mol. The molecule has 0 aliphatic heterocycles. The van der Waals surface area contributed by atoms with E-state index >= 15 is 0 Å². The molecule has 17 heavy (non-hydrogen) atoms. The highest BCUT2D eigenvalue weighted by Gasteiger charge is 2.44. The van der Waals surface area contributed by atoms with Gasteiger partial charge in [-0.2, -0.15) is 0 Å². The van der Waals surface area contributed by atoms with Gasteiger partial charge in [0.1, 0.15) is 5.01 Å². The van der Waals surface area contributed by atoms with E-state index in [9.17, 15) is 0 Å². The summed E-state index contributed by atoms with van der Waals surface area (Å²) in [4.78, 5) is 4.61. The lowest BCUT2D eigenvalue weighted by molar-refractivity contribution is 0.103. The van der Waals surface area contributed by atoms with Crippen molar-refractivity contribution in [3.63, 3.8) is 0 Å². The second-order valence-corrected chi connectivity index (χ2v) is 6.29. The minimum Gasteiger partial charge on any atom is -0.305 e. The summed E-state index contributed by atoms with van der Waals surface area (Å²) >= 11 is 1.81. The number of nitrogens with zero attached hydrogens (tertiary/aromatic N) is 1. The molecule has 1 fully saturated rings. The number of aromatic nitrogens is 1. The first-order valence-electron chi connectivity index (χ1n) is 6.85. The van der Waals surface area contributed by atoms with Crippen molar-refractivity contribution >= 4 is 11.3 Å². The van der Waals surface area contributed by atoms with Crippen molar-refractivity contribution in [2.45, 2.75) is 52.0 Å². The number of nitrogens with one attached hydrogen (secondary N) is 1. The third-order valence-corrected chi connectivity index (χ3v) is 5.32. The highest BCUT2D eigenvalue weighted by atomic mass is 32.1. The fraction of sp³-hybridized carbons (Fsp3) is 0.786. The van der Waals surface area contributed by atoms with E-state index in [1.165, 1.54) is 30.7 Å². The molecule has 0 bridgehead atoms. The molecule has 2 nitrogen and oxygen atoms in total. The van der Waals surface area contributed by atoms with Gasteiger partial charge in [0, 0.05) is 11.6 Å². The predicted molar refractivity (Wildman–Crippen MR) is 74.3 cm³/mol. The van der Waals surface area contributed by atoms with Crippen molar-refractivity contribution in [2.24, 2.45) is 11.8 Å². The van der Waals surface area contributed by atoms with Gasteiger partial charge in [0.05, 0.1) is 5.54 Å². The van der Waals surface area contributed by atoms with E-state index in [0.717, 1.165) is 12.5 Å². The van der Waals surface area contributed by atoms with Crippen molar-refractivity contribution in [1.82, 2.24) is 10.3 Å². The third kappa shape index (κ3) is 2.41. The first-order valence-corrected chi connectivity index (χ1v) is 7.73. The minimum atomic E-state index is 0.141. The SMILES string of the molecule is CCCNC1(c2nccs2)CCCC(C)C1C. The van der Waals surface area contributed by atoms with Gasteiger partial charge in [-0.3, -0.25) is 0 Å². The van der Waals surface area contributed by atoms with Crippen molar-refractivity contribution in [3.05, 3.63) is 16.6 Å². The van der Waals surface area contributed by atoms with E-state index < -0.39 is 0 Å². The Kier molecular flexibility index (Phi) is 4.21. The molecule has 1 aliphatic rings. The minimum absolute atomic E-state index is 0.141. The van der Waals surface area contributed by atoms with Crippen LogP contribution in [0.3, 0.4) is 0 Å². The molecule has 0 saturated heterocycles. The Morgan fingerprint density at radius 3 is 3.00 bits per heavy atom. The van der Waals surface area contributed by atoms with Crippen molar-refractivity contribution in [1.29, 1.82) is 0 Å². The lowest BCUT2D eigenvalue weighted by Gasteiger charge is -2.45. The number of hydrogen-bond donors (Lipinski definition) is 1. The Balaban J connectivity index is 2.28. The monoisotopic (exact) mass is 252 g/mol. The van der Waals surface area contributed by atoms with Gasteiger partial charge in [0.2, 0.25) is 0 Å². The molecule has 0 amide bonds. The Bertz CT molecular complexity index is 336. The maximum atomic E-state index is 4.61. The normalized spacial score (nSPS) is 33.8. The van der Waals surface area contributed by atoms with Crippen molar-refractivity contribution in [3.8, 4) is 0 Å². The molecule has 3 atom stereocenters. The second kappa shape index (κ2) is 5.49. The molecule has 96 valence electrons. The summed E-state index contributed by atoms with van der Waals surface area (Å²) in [5.74, 6) is 1.46. The lowest BCUT2D eigenvalue weighted by atomic mass is 9.68. The molecule has 1 aromatic rings. The van der Waals surface area contributed by atoms with Crippen LogP contribution < -0.4 is 5.32 Å². The van der Waals surface area contributed by atoms with E-state index in [1.807, 2.05) is 17.5 Å². The Labute approximate surface area is 109 Å². The van der Waals surface area contributed by atoms with Crippen molar-refractivity contribution < 1.29 is 0 Å². The average molecular weight is 252 g/mol. The Morgan fingerprint density at radius 1 is 1.53 bits per heavy atom. The van der Waals surface area contributed by atoms with Crippen LogP contribution in [0.1, 0.15) is 51.5 Å². The van der Waals surface area contributed by atoms with E-state index in [0.29, 0.717) is 5.92 Å². The average Bonchev–Trinajstić information content (AvgIpc) is 2.85. The largest absolute Gasteiger partial charge is 0.305 e. The third-order valence-electron chi connectivity index (χ3n) is 4.37. The van der Waals surface area contributed by atoms with Gasteiger partial charge in [-0.25, -0.2) is 4.98 Å². The molecule has 0 spiro atoms. The van der Waals surface area contributed by atoms with Gasteiger partial charge in [0.15, 0.2) is 0 Å². The molecule has 2 rings (SSSR count). The van der Waals surface area contributed by atoms with Gasteiger partial charge in [-0.05, 0) is 31.2 Å². The first kappa shape index (κ1) is 13.0. The van der Waals surface area contributed by atoms with E-state index in [4.69, 9.17) is 0 Å². The van der Waals surface area contributed by atoms with Gasteiger partial charge in [0.25, 0.3) is 0 Å². The number of thiazole rings is 1. The molecular formula is C14H24N2S. The molecule has 1 aliphatic carbocycles. The quantitative estimate of drug-likeness (QED) is 0.882. The van der Waals surface area contributed by atoms with E-state index in [-0.39, 0.29) is 5.54 Å². The van der Waals surface area contributed by atoms with Gasteiger partial charge in [-0.1, -0.05) is 33.6 Å². The van der Waals surface area contributed by atoms with E-state index in [2.05, 4.69) is 36.5 Å². The Morgan fingerprint density at radius 2 is 2.35 bits per heavy atom. The molecule has 1 heterocycles. The zero-order valence-corrected chi connectivity index (χ0v) is 12.0. The summed E-state index contributed by atoms with van der Waals surface area (Å²) in [5.41, 5.74) is 0.141. The summed E-state index contributed by atoms with van der Waals surface area (Å²) in [6.45, 7) is 8.11. The van der Waals surface area contributed by atoms with Crippen molar-refractivity contribution in [2.75, 3.05) is 6.54 Å². The van der Waals surface area contributed by atoms with Crippen LogP contribution in [0.25, 0.3) is 0 Å². The van der Waals surface area contributed by atoms with Crippen LogP contribution in [0, 0.1) is 11.8 Å². The van der Waals surface area contributed by atoms with Gasteiger partial charge < -0.3 is 5.32 Å². The zero-order valence-electron chi connectivity index (χ0n) is 11.2. The van der Waals surface area contributed by atoms with Crippen LogP contribution >= 0.6 is 11.3 Å². The molecule has 0 radical (unpaired) electrons. The van der Waals surface area contributed by atoms with Crippen LogP contribution in [0.15, 0.2) is 11.6 Å². The van der Waals surface area contributed by atoms with Crippen LogP contribution in [0.2, 0.25) is 0 Å². The molecule has 1 saturated carbocycles.